The zero-order valence-corrected chi connectivity index (χ0v) is 12.1. The SMILES string of the molecule is CC(C)NC(C)(C#N)COc1ccc2cccnc2c1. The van der Waals surface area contributed by atoms with Gasteiger partial charge in [-0.1, -0.05) is 6.07 Å². The van der Waals surface area contributed by atoms with E-state index in [1.54, 1.807) is 6.20 Å². The highest BCUT2D eigenvalue weighted by atomic mass is 16.5. The lowest BCUT2D eigenvalue weighted by Crippen LogP contribution is -2.49. The van der Waals surface area contributed by atoms with E-state index in [9.17, 15) is 5.26 Å². The van der Waals surface area contributed by atoms with Gasteiger partial charge in [0.05, 0.1) is 11.6 Å². The molecular formula is C16H19N3O. The fourth-order valence-electron chi connectivity index (χ4n) is 2.11. The molecule has 1 aromatic heterocycles. The lowest BCUT2D eigenvalue weighted by Gasteiger charge is -2.25. The Balaban J connectivity index is 2.10. The monoisotopic (exact) mass is 269 g/mol. The lowest BCUT2D eigenvalue weighted by molar-refractivity contribution is 0.225. The molecule has 0 spiro atoms. The Morgan fingerprint density at radius 3 is 2.90 bits per heavy atom. The van der Waals surface area contributed by atoms with Gasteiger partial charge in [0.15, 0.2) is 0 Å². The molecule has 1 N–H and O–H groups in total. The molecule has 0 aliphatic carbocycles. The Kier molecular flexibility index (Phi) is 4.21. The summed E-state index contributed by atoms with van der Waals surface area (Å²) in [4.78, 5) is 4.29. The van der Waals surface area contributed by atoms with E-state index in [2.05, 4.69) is 16.4 Å². The molecule has 104 valence electrons. The van der Waals surface area contributed by atoms with E-state index in [0.29, 0.717) is 6.61 Å². The maximum Gasteiger partial charge on any atom is 0.138 e. The van der Waals surface area contributed by atoms with E-state index in [1.807, 2.05) is 51.1 Å². The maximum atomic E-state index is 9.28. The minimum Gasteiger partial charge on any atom is -0.490 e. The molecule has 2 aromatic rings. The number of nitriles is 1. The summed E-state index contributed by atoms with van der Waals surface area (Å²) in [5, 5.41) is 13.6. The van der Waals surface area contributed by atoms with Crippen LogP contribution in [0.1, 0.15) is 20.8 Å². The average molecular weight is 269 g/mol. The molecule has 0 radical (unpaired) electrons. The predicted molar refractivity (Wildman–Crippen MR) is 79.5 cm³/mol. The molecule has 4 nitrogen and oxygen atoms in total. The van der Waals surface area contributed by atoms with Gasteiger partial charge in [0.2, 0.25) is 0 Å². The van der Waals surface area contributed by atoms with E-state index in [4.69, 9.17) is 4.74 Å². The molecule has 0 aliphatic rings. The van der Waals surface area contributed by atoms with E-state index in [-0.39, 0.29) is 6.04 Å². The summed E-state index contributed by atoms with van der Waals surface area (Å²) in [6.45, 7) is 6.15. The maximum absolute atomic E-state index is 9.28. The van der Waals surface area contributed by atoms with E-state index >= 15 is 0 Å². The predicted octanol–water partition coefficient (Wildman–Crippen LogP) is 2.89. The van der Waals surface area contributed by atoms with Crippen LogP contribution in [0.4, 0.5) is 0 Å². The second-order valence-corrected chi connectivity index (χ2v) is 5.39. The summed E-state index contributed by atoms with van der Waals surface area (Å²) in [6.07, 6.45) is 1.76. The molecule has 4 heteroatoms. The summed E-state index contributed by atoms with van der Waals surface area (Å²) in [5.41, 5.74) is 0.188. The molecule has 0 aliphatic heterocycles. The third-order valence-electron chi connectivity index (χ3n) is 2.96. The fourth-order valence-corrected chi connectivity index (χ4v) is 2.11. The van der Waals surface area contributed by atoms with Crippen LogP contribution >= 0.6 is 0 Å². The number of fused-ring (bicyclic) bond motifs is 1. The Morgan fingerprint density at radius 1 is 1.40 bits per heavy atom. The van der Waals surface area contributed by atoms with Crippen molar-refractivity contribution in [3.63, 3.8) is 0 Å². The Morgan fingerprint density at radius 2 is 2.20 bits per heavy atom. The Hall–Kier alpha value is -2.12. The molecule has 0 saturated heterocycles. The number of nitrogens with one attached hydrogen (secondary N) is 1. The number of hydrogen-bond acceptors (Lipinski definition) is 4. The third-order valence-corrected chi connectivity index (χ3v) is 2.96. The zero-order chi connectivity index (χ0) is 14.6. The highest BCUT2D eigenvalue weighted by Gasteiger charge is 2.25. The van der Waals surface area contributed by atoms with Gasteiger partial charge in [-0.25, -0.2) is 0 Å². The van der Waals surface area contributed by atoms with E-state index in [1.165, 1.54) is 0 Å². The van der Waals surface area contributed by atoms with Crippen molar-refractivity contribution in [1.29, 1.82) is 5.26 Å². The van der Waals surface area contributed by atoms with Crippen LogP contribution in [0.2, 0.25) is 0 Å². The summed E-state index contributed by atoms with van der Waals surface area (Å²) in [5.74, 6) is 0.725. The number of benzene rings is 1. The Bertz CT molecular complexity index is 633. The van der Waals surface area contributed by atoms with Gasteiger partial charge in [0.1, 0.15) is 17.9 Å². The van der Waals surface area contributed by atoms with Crippen LogP contribution < -0.4 is 10.1 Å². The van der Waals surface area contributed by atoms with Crippen LogP contribution in [0.15, 0.2) is 36.5 Å². The van der Waals surface area contributed by atoms with Gasteiger partial charge in [-0.3, -0.25) is 10.3 Å². The second kappa shape index (κ2) is 5.89. The number of pyridine rings is 1. The van der Waals surface area contributed by atoms with Crippen molar-refractivity contribution in [2.75, 3.05) is 6.61 Å². The van der Waals surface area contributed by atoms with Gasteiger partial charge >= 0.3 is 0 Å². The van der Waals surface area contributed by atoms with Gasteiger partial charge in [-0.05, 0) is 39.0 Å². The number of nitrogens with zero attached hydrogens (tertiary/aromatic N) is 2. The van der Waals surface area contributed by atoms with Crippen molar-refractivity contribution < 1.29 is 4.74 Å². The smallest absolute Gasteiger partial charge is 0.138 e. The first-order valence-corrected chi connectivity index (χ1v) is 6.69. The lowest BCUT2D eigenvalue weighted by atomic mass is 10.1. The van der Waals surface area contributed by atoms with Crippen molar-refractivity contribution in [2.45, 2.75) is 32.4 Å². The van der Waals surface area contributed by atoms with Crippen molar-refractivity contribution in [3.05, 3.63) is 36.5 Å². The molecule has 1 aromatic carbocycles. The van der Waals surface area contributed by atoms with Crippen molar-refractivity contribution in [1.82, 2.24) is 10.3 Å². The van der Waals surface area contributed by atoms with Gasteiger partial charge in [-0.15, -0.1) is 0 Å². The molecule has 1 unspecified atom stereocenters. The van der Waals surface area contributed by atoms with E-state index in [0.717, 1.165) is 16.7 Å². The van der Waals surface area contributed by atoms with Gasteiger partial charge in [0, 0.05) is 23.7 Å². The highest BCUT2D eigenvalue weighted by Crippen LogP contribution is 2.19. The number of rotatable bonds is 5. The van der Waals surface area contributed by atoms with Crippen molar-refractivity contribution >= 4 is 10.9 Å². The molecule has 0 fully saturated rings. The van der Waals surface area contributed by atoms with Gasteiger partial charge in [0.25, 0.3) is 0 Å². The highest BCUT2D eigenvalue weighted by molar-refractivity contribution is 5.79. The molecule has 0 amide bonds. The molecule has 0 saturated carbocycles. The van der Waals surface area contributed by atoms with E-state index < -0.39 is 5.54 Å². The first-order valence-electron chi connectivity index (χ1n) is 6.69. The van der Waals surface area contributed by atoms with Crippen LogP contribution in [0.3, 0.4) is 0 Å². The Labute approximate surface area is 119 Å². The number of ether oxygens (including phenoxy) is 1. The summed E-state index contributed by atoms with van der Waals surface area (Å²) in [7, 11) is 0. The van der Waals surface area contributed by atoms with Crippen molar-refractivity contribution in [3.8, 4) is 11.8 Å². The quantitative estimate of drug-likeness (QED) is 0.906. The van der Waals surface area contributed by atoms with Crippen LogP contribution in [0, 0.1) is 11.3 Å². The van der Waals surface area contributed by atoms with Gasteiger partial charge < -0.3 is 4.74 Å². The van der Waals surface area contributed by atoms with Crippen LogP contribution in [-0.2, 0) is 0 Å². The normalized spacial score (nSPS) is 13.9. The zero-order valence-electron chi connectivity index (χ0n) is 12.1. The molecule has 1 heterocycles. The van der Waals surface area contributed by atoms with Crippen LogP contribution in [0.25, 0.3) is 10.9 Å². The topological polar surface area (TPSA) is 57.9 Å². The first kappa shape index (κ1) is 14.3. The molecule has 0 bridgehead atoms. The summed E-state index contributed by atoms with van der Waals surface area (Å²) < 4.78 is 5.75. The number of aromatic nitrogens is 1. The summed E-state index contributed by atoms with van der Waals surface area (Å²) >= 11 is 0. The molecule has 2 rings (SSSR count). The minimum absolute atomic E-state index is 0.224. The standard InChI is InChI=1S/C16H19N3O/c1-12(2)19-16(3,10-17)11-20-14-7-6-13-5-4-8-18-15(13)9-14/h4-9,12,19H,11H2,1-3H3. The average Bonchev–Trinajstić information content (AvgIpc) is 2.44. The molecule has 20 heavy (non-hydrogen) atoms. The van der Waals surface area contributed by atoms with Gasteiger partial charge in [-0.2, -0.15) is 5.26 Å². The fraction of sp³-hybridized carbons (Fsp3) is 0.375. The van der Waals surface area contributed by atoms with Crippen LogP contribution in [0.5, 0.6) is 5.75 Å². The number of hydrogen-bond donors (Lipinski definition) is 1. The van der Waals surface area contributed by atoms with Crippen LogP contribution in [-0.4, -0.2) is 23.2 Å². The first-order chi connectivity index (χ1) is 9.52. The second-order valence-electron chi connectivity index (χ2n) is 5.39. The largest absolute Gasteiger partial charge is 0.490 e. The third kappa shape index (κ3) is 3.46. The summed E-state index contributed by atoms with van der Waals surface area (Å²) in [6, 6.07) is 12.2. The van der Waals surface area contributed by atoms with Crippen molar-refractivity contribution in [2.24, 2.45) is 0 Å². The minimum atomic E-state index is -0.701. The molecular weight excluding hydrogens is 250 g/mol. The molecule has 1 atom stereocenters.